The van der Waals surface area contributed by atoms with Crippen molar-refractivity contribution < 1.29 is 9.18 Å². The number of anilines is 1. The Balaban J connectivity index is 0.00000192. The van der Waals surface area contributed by atoms with E-state index in [1.54, 1.807) is 12.3 Å². The Morgan fingerprint density at radius 1 is 1.35 bits per heavy atom. The van der Waals surface area contributed by atoms with Crippen molar-refractivity contribution in [3.63, 3.8) is 0 Å². The van der Waals surface area contributed by atoms with Gasteiger partial charge in [0.2, 0.25) is 5.91 Å². The van der Waals surface area contributed by atoms with E-state index in [0.717, 1.165) is 22.3 Å². The molecule has 122 valence electrons. The van der Waals surface area contributed by atoms with Gasteiger partial charge in [0.25, 0.3) is 0 Å². The molecule has 1 aliphatic rings. The number of carbonyl (C=O) groups is 1. The Morgan fingerprint density at radius 3 is 2.65 bits per heavy atom. The summed E-state index contributed by atoms with van der Waals surface area (Å²) in [5.74, 6) is -0.370. The van der Waals surface area contributed by atoms with Gasteiger partial charge >= 0.3 is 0 Å². The number of nitrogens with one attached hydrogen (secondary N) is 1. The highest BCUT2D eigenvalue weighted by Gasteiger charge is 2.43. The van der Waals surface area contributed by atoms with Crippen LogP contribution in [0.5, 0.6) is 0 Å². The monoisotopic (exact) mass is 335 g/mol. The first-order chi connectivity index (χ1) is 10.6. The van der Waals surface area contributed by atoms with E-state index >= 15 is 0 Å². The van der Waals surface area contributed by atoms with Gasteiger partial charge in [0.05, 0.1) is 5.92 Å². The molecular formula is C17H19ClFN3O. The Kier molecular flexibility index (Phi) is 5.34. The number of halogens is 2. The normalized spacial score (nSPS) is 18.9. The fraction of sp³-hybridized carbons (Fsp3) is 0.294. The molecule has 3 N–H and O–H groups in total. The van der Waals surface area contributed by atoms with Gasteiger partial charge in [0, 0.05) is 12.7 Å². The van der Waals surface area contributed by atoms with Gasteiger partial charge in [0.1, 0.15) is 12.0 Å². The van der Waals surface area contributed by atoms with E-state index in [2.05, 4.69) is 16.4 Å². The van der Waals surface area contributed by atoms with E-state index in [1.165, 1.54) is 0 Å². The number of carbonyl (C=O) groups excluding carboxylic acids is 1. The van der Waals surface area contributed by atoms with Crippen LogP contribution >= 0.6 is 12.4 Å². The van der Waals surface area contributed by atoms with Crippen LogP contribution < -0.4 is 11.1 Å². The number of alkyl halides is 1. The molecule has 1 aromatic heterocycles. The van der Waals surface area contributed by atoms with Crippen molar-refractivity contribution in [2.75, 3.05) is 5.32 Å². The summed E-state index contributed by atoms with van der Waals surface area (Å²) in [7, 11) is 0. The van der Waals surface area contributed by atoms with Gasteiger partial charge in [0.15, 0.2) is 0 Å². The number of rotatable bonds is 4. The van der Waals surface area contributed by atoms with Crippen molar-refractivity contribution in [3.05, 3.63) is 47.7 Å². The van der Waals surface area contributed by atoms with Crippen molar-refractivity contribution >= 4 is 24.1 Å². The van der Waals surface area contributed by atoms with Gasteiger partial charge in [-0.1, -0.05) is 18.2 Å². The molecule has 0 spiro atoms. The molecule has 0 bridgehead atoms. The van der Waals surface area contributed by atoms with E-state index in [0.29, 0.717) is 18.8 Å². The number of amides is 1. The zero-order valence-electron chi connectivity index (χ0n) is 12.8. The third-order valence-electron chi connectivity index (χ3n) is 3.96. The Bertz CT molecular complexity index is 723. The Hall–Kier alpha value is -1.98. The van der Waals surface area contributed by atoms with Gasteiger partial charge in [-0.15, -0.1) is 12.4 Å². The zero-order valence-corrected chi connectivity index (χ0v) is 13.6. The minimum Gasteiger partial charge on any atom is -0.326 e. The van der Waals surface area contributed by atoms with E-state index in [4.69, 9.17) is 5.73 Å². The lowest BCUT2D eigenvalue weighted by Gasteiger charge is -2.09. The summed E-state index contributed by atoms with van der Waals surface area (Å²) in [6, 6.07) is 9.73. The molecule has 1 fully saturated rings. The number of nitrogens with two attached hydrogens (primary N) is 1. The average molecular weight is 336 g/mol. The van der Waals surface area contributed by atoms with Crippen LogP contribution in [0.3, 0.4) is 0 Å². The standard InChI is InChI=1S/C17H18FN3O.ClH/c1-10-6-11(2-3-13(10)9-19)12-4-5-20-16(7-12)21-17(22)14-8-15(14)18;/h2-7,14-15H,8-9,19H2,1H3,(H,20,21,22);1H. The van der Waals surface area contributed by atoms with Crippen molar-refractivity contribution in [2.45, 2.75) is 26.1 Å². The predicted molar refractivity (Wildman–Crippen MR) is 91.2 cm³/mol. The van der Waals surface area contributed by atoms with E-state index in [-0.39, 0.29) is 18.3 Å². The molecule has 0 radical (unpaired) electrons. The van der Waals surface area contributed by atoms with Crippen molar-refractivity contribution in [2.24, 2.45) is 11.7 Å². The van der Waals surface area contributed by atoms with Crippen molar-refractivity contribution in [1.82, 2.24) is 4.98 Å². The number of nitrogens with zero attached hydrogens (tertiary/aromatic N) is 1. The molecule has 6 heteroatoms. The minimum absolute atomic E-state index is 0. The summed E-state index contributed by atoms with van der Waals surface area (Å²) in [4.78, 5) is 15.9. The van der Waals surface area contributed by atoms with Gasteiger partial charge in [-0.05, 0) is 47.7 Å². The second-order valence-corrected chi connectivity index (χ2v) is 5.62. The molecule has 1 aromatic carbocycles. The fourth-order valence-corrected chi connectivity index (χ4v) is 2.44. The summed E-state index contributed by atoms with van der Waals surface area (Å²) in [6.45, 7) is 2.53. The topological polar surface area (TPSA) is 68.0 Å². The molecule has 1 heterocycles. The van der Waals surface area contributed by atoms with Gasteiger partial charge in [-0.25, -0.2) is 9.37 Å². The average Bonchev–Trinajstić information content (AvgIpc) is 3.24. The maximum atomic E-state index is 12.9. The van der Waals surface area contributed by atoms with E-state index in [9.17, 15) is 9.18 Å². The molecule has 3 rings (SSSR count). The second-order valence-electron chi connectivity index (χ2n) is 5.62. The smallest absolute Gasteiger partial charge is 0.231 e. The SMILES string of the molecule is Cc1cc(-c2ccnc(NC(=O)C3CC3F)c2)ccc1CN.Cl. The molecule has 1 amide bonds. The molecule has 2 unspecified atom stereocenters. The first-order valence-electron chi connectivity index (χ1n) is 7.29. The summed E-state index contributed by atoms with van der Waals surface area (Å²) in [5.41, 5.74) is 9.89. The molecule has 2 atom stereocenters. The number of hydrogen-bond donors (Lipinski definition) is 2. The lowest BCUT2D eigenvalue weighted by molar-refractivity contribution is -0.117. The van der Waals surface area contributed by atoms with Gasteiger partial charge in [-0.3, -0.25) is 4.79 Å². The van der Waals surface area contributed by atoms with Crippen LogP contribution in [0, 0.1) is 12.8 Å². The fourth-order valence-electron chi connectivity index (χ4n) is 2.44. The van der Waals surface area contributed by atoms with Crippen LogP contribution in [0.2, 0.25) is 0 Å². The van der Waals surface area contributed by atoms with Crippen LogP contribution in [0.1, 0.15) is 17.5 Å². The molecule has 4 nitrogen and oxygen atoms in total. The quantitative estimate of drug-likeness (QED) is 0.901. The van der Waals surface area contributed by atoms with Crippen LogP contribution in [-0.2, 0) is 11.3 Å². The molecule has 0 saturated heterocycles. The molecule has 1 aliphatic carbocycles. The molecule has 0 aliphatic heterocycles. The molecule has 23 heavy (non-hydrogen) atoms. The minimum atomic E-state index is -1.00. The van der Waals surface area contributed by atoms with Crippen molar-refractivity contribution in [1.29, 1.82) is 0 Å². The summed E-state index contributed by atoms with van der Waals surface area (Å²) in [6.07, 6.45) is 0.942. The van der Waals surface area contributed by atoms with Crippen molar-refractivity contribution in [3.8, 4) is 11.1 Å². The Labute approximate surface area is 140 Å². The highest BCUT2D eigenvalue weighted by Crippen LogP contribution is 2.34. The van der Waals surface area contributed by atoms with Crippen LogP contribution in [0.4, 0.5) is 10.2 Å². The highest BCUT2D eigenvalue weighted by atomic mass is 35.5. The number of aryl methyl sites for hydroxylation is 1. The molecule has 1 saturated carbocycles. The summed E-state index contributed by atoms with van der Waals surface area (Å²) in [5, 5.41) is 2.67. The number of aromatic nitrogens is 1. The van der Waals surface area contributed by atoms with E-state index < -0.39 is 12.1 Å². The molecule has 2 aromatic rings. The van der Waals surface area contributed by atoms with E-state index in [1.807, 2.05) is 25.1 Å². The third kappa shape index (κ3) is 3.86. The predicted octanol–water partition coefficient (Wildman–Crippen LogP) is 3.23. The molecular weight excluding hydrogens is 317 g/mol. The lowest BCUT2D eigenvalue weighted by atomic mass is 10.0. The largest absolute Gasteiger partial charge is 0.326 e. The highest BCUT2D eigenvalue weighted by molar-refractivity contribution is 5.94. The summed E-state index contributed by atoms with van der Waals surface area (Å²) >= 11 is 0. The maximum Gasteiger partial charge on any atom is 0.231 e. The second kappa shape index (κ2) is 7.06. The van der Waals surface area contributed by atoms with Gasteiger partial charge in [-0.2, -0.15) is 0 Å². The first-order valence-corrected chi connectivity index (χ1v) is 7.29. The van der Waals surface area contributed by atoms with Crippen LogP contribution in [-0.4, -0.2) is 17.1 Å². The van der Waals surface area contributed by atoms with Crippen LogP contribution in [0.15, 0.2) is 36.5 Å². The number of hydrogen-bond acceptors (Lipinski definition) is 3. The zero-order chi connectivity index (χ0) is 15.7. The maximum absolute atomic E-state index is 12.9. The number of pyridine rings is 1. The van der Waals surface area contributed by atoms with Crippen LogP contribution in [0.25, 0.3) is 11.1 Å². The first kappa shape index (κ1) is 17.4. The van der Waals surface area contributed by atoms with Gasteiger partial charge < -0.3 is 11.1 Å². The third-order valence-corrected chi connectivity index (χ3v) is 3.96. The summed E-state index contributed by atoms with van der Waals surface area (Å²) < 4.78 is 12.9. The Morgan fingerprint density at radius 2 is 2.04 bits per heavy atom. The number of benzene rings is 1. The lowest BCUT2D eigenvalue weighted by Crippen LogP contribution is -2.15.